The van der Waals surface area contributed by atoms with E-state index in [4.69, 9.17) is 9.73 Å². The molecule has 2 bridgehead atoms. The molecule has 0 aromatic heterocycles. The van der Waals surface area contributed by atoms with Crippen LogP contribution in [0, 0.1) is 22.0 Å². The molecule has 1 spiro atoms. The number of carbonyl (C=O) groups excluding carboxylic acids is 1. The van der Waals surface area contributed by atoms with Crippen LogP contribution >= 0.6 is 0 Å². The van der Waals surface area contributed by atoms with Crippen molar-refractivity contribution in [1.82, 2.24) is 4.90 Å². The molecule has 6 atom stereocenters. The summed E-state index contributed by atoms with van der Waals surface area (Å²) >= 11 is 0. The van der Waals surface area contributed by atoms with E-state index in [2.05, 4.69) is 28.0 Å². The largest absolute Gasteiger partial charge is 0.373 e. The van der Waals surface area contributed by atoms with E-state index < -0.39 is 4.92 Å². The topological polar surface area (TPSA) is 88.3 Å². The highest BCUT2D eigenvalue weighted by molar-refractivity contribution is 5.99. The normalized spacial score (nSPS) is 35.6. The average molecular weight is 483 g/mol. The molecular weight excluding hydrogens is 456 g/mol. The highest BCUT2D eigenvalue weighted by atomic mass is 16.6. The first kappa shape index (κ1) is 20.8. The highest BCUT2D eigenvalue weighted by Gasteiger charge is 2.71. The number of hydrogen-bond donors (Lipinski definition) is 0. The van der Waals surface area contributed by atoms with Gasteiger partial charge in [-0.2, -0.15) is 0 Å². The number of anilines is 1. The third kappa shape index (κ3) is 2.56. The third-order valence-electron chi connectivity index (χ3n) is 9.74. The molecule has 0 N–H and O–H groups in total. The maximum absolute atomic E-state index is 13.6. The Morgan fingerprint density at radius 3 is 3.03 bits per heavy atom. The van der Waals surface area contributed by atoms with Gasteiger partial charge in [0.1, 0.15) is 0 Å². The minimum atomic E-state index is -0.392. The lowest BCUT2D eigenvalue weighted by Crippen LogP contribution is -2.69. The van der Waals surface area contributed by atoms with E-state index in [-0.39, 0.29) is 29.2 Å². The Morgan fingerprint density at radius 2 is 2.14 bits per heavy atom. The first-order valence-electron chi connectivity index (χ1n) is 12.8. The predicted octanol–water partition coefficient (Wildman–Crippen LogP) is 3.75. The second-order valence-corrected chi connectivity index (χ2v) is 11.1. The zero-order valence-corrected chi connectivity index (χ0v) is 19.7. The van der Waals surface area contributed by atoms with E-state index in [1.807, 2.05) is 12.1 Å². The van der Waals surface area contributed by atoms with Gasteiger partial charge in [0.2, 0.25) is 5.91 Å². The van der Waals surface area contributed by atoms with E-state index >= 15 is 0 Å². The van der Waals surface area contributed by atoms with Crippen LogP contribution in [-0.2, 0) is 14.9 Å². The van der Waals surface area contributed by atoms with Gasteiger partial charge >= 0.3 is 0 Å². The van der Waals surface area contributed by atoms with Crippen LogP contribution in [0.25, 0.3) is 0 Å². The molecule has 182 valence electrons. The van der Waals surface area contributed by atoms with Gasteiger partial charge in [-0.05, 0) is 54.6 Å². The number of amides is 1. The predicted molar refractivity (Wildman–Crippen MR) is 134 cm³/mol. The van der Waals surface area contributed by atoms with Gasteiger partial charge in [-0.1, -0.05) is 23.8 Å². The number of hydrogen-bond acceptors (Lipinski definition) is 6. The first-order valence-corrected chi connectivity index (χ1v) is 12.8. The van der Waals surface area contributed by atoms with Crippen LogP contribution in [0.15, 0.2) is 59.1 Å². The third-order valence-corrected chi connectivity index (χ3v) is 9.74. The fraction of sp³-hybridized carbons (Fsp3) is 0.429. The molecular formula is C28H26N4O4. The second kappa shape index (κ2) is 7.11. The highest BCUT2D eigenvalue weighted by Crippen LogP contribution is 2.66. The minimum Gasteiger partial charge on any atom is -0.373 e. The lowest BCUT2D eigenvalue weighted by molar-refractivity contribution is -0.384. The first-order chi connectivity index (χ1) is 17.5. The van der Waals surface area contributed by atoms with E-state index in [0.29, 0.717) is 36.5 Å². The zero-order chi connectivity index (χ0) is 24.2. The number of aliphatic imine (C=N–C) groups is 1. The van der Waals surface area contributed by atoms with Gasteiger partial charge < -0.3 is 9.64 Å². The number of nitro groups is 1. The minimum absolute atomic E-state index is 0.0110. The second-order valence-electron chi connectivity index (χ2n) is 11.1. The Labute approximate surface area is 208 Å². The number of rotatable bonds is 3. The van der Waals surface area contributed by atoms with E-state index in [1.165, 1.54) is 23.3 Å². The number of ether oxygens (including phenoxy) is 1. The van der Waals surface area contributed by atoms with Gasteiger partial charge in [0.25, 0.3) is 5.69 Å². The lowest BCUT2D eigenvalue weighted by Gasteiger charge is -2.58. The van der Waals surface area contributed by atoms with Crippen molar-refractivity contribution in [3.05, 3.63) is 75.4 Å². The van der Waals surface area contributed by atoms with Crippen LogP contribution in [0.4, 0.5) is 17.1 Å². The van der Waals surface area contributed by atoms with Gasteiger partial charge in [-0.25, -0.2) is 0 Å². The number of piperidine rings is 2. The molecule has 2 aromatic rings. The maximum atomic E-state index is 13.6. The van der Waals surface area contributed by atoms with Crippen LogP contribution in [0.3, 0.4) is 0 Å². The zero-order valence-electron chi connectivity index (χ0n) is 19.7. The van der Waals surface area contributed by atoms with Crippen LogP contribution in [-0.4, -0.2) is 59.8 Å². The monoisotopic (exact) mass is 482 g/mol. The Kier molecular flexibility index (Phi) is 4.11. The van der Waals surface area contributed by atoms with Crippen molar-refractivity contribution in [2.24, 2.45) is 16.8 Å². The Morgan fingerprint density at radius 1 is 1.22 bits per heavy atom. The van der Waals surface area contributed by atoms with E-state index in [0.717, 1.165) is 37.3 Å². The van der Waals surface area contributed by atoms with Gasteiger partial charge in [-0.3, -0.25) is 24.8 Å². The van der Waals surface area contributed by atoms with Crippen molar-refractivity contribution in [1.29, 1.82) is 0 Å². The Hall–Kier alpha value is -3.36. The molecule has 8 heteroatoms. The maximum Gasteiger partial charge on any atom is 0.270 e. The summed E-state index contributed by atoms with van der Waals surface area (Å²) in [4.78, 5) is 33.8. The lowest BCUT2D eigenvalue weighted by atomic mass is 9.53. The molecule has 6 aliphatic rings. The van der Waals surface area contributed by atoms with Crippen molar-refractivity contribution >= 4 is 29.2 Å². The van der Waals surface area contributed by atoms with Crippen molar-refractivity contribution in [2.75, 3.05) is 24.6 Å². The van der Waals surface area contributed by atoms with Crippen molar-refractivity contribution < 1.29 is 14.5 Å². The molecule has 8 rings (SSSR count). The number of nitro benzene ring substituents is 1. The molecule has 36 heavy (non-hydrogen) atoms. The summed E-state index contributed by atoms with van der Waals surface area (Å²) in [7, 11) is 0. The van der Waals surface area contributed by atoms with Crippen molar-refractivity contribution in [2.45, 2.75) is 42.9 Å². The molecule has 5 heterocycles. The van der Waals surface area contributed by atoms with Gasteiger partial charge in [0.05, 0.1) is 35.8 Å². The Balaban J connectivity index is 1.25. The SMILES string of the molecule is O=C1C[C@@H]2OCC=C3CN4CC[C@]56c7cc(N=Cc8cccc([N+](=O)[O-])c8)ccc7N1[C@@H]5[C@@H]2[C@H]3C[C@H]46. The molecule has 8 nitrogen and oxygen atoms in total. The molecule has 3 saturated heterocycles. The number of carbonyl (C=O) groups is 1. The molecule has 1 aliphatic carbocycles. The summed E-state index contributed by atoms with van der Waals surface area (Å²) in [6.07, 6.45) is 6.60. The standard InChI is InChI=1S/C28H26N4O4/c33-25-13-23-26-20-12-24-28(7-8-30(24)15-17(20)6-9-36-23)21-11-18(4-5-22(21)31(25)27(26)28)29-14-16-2-1-3-19(10-16)32(34)35/h1-6,10-11,14,20,23-24,26-27H,7-9,12-13,15H2/t20-,23-,24-,26+,27+,28+/m0/s1. The number of non-ortho nitro benzene ring substituents is 1. The molecule has 2 aromatic carbocycles. The van der Waals surface area contributed by atoms with Crippen molar-refractivity contribution in [3.8, 4) is 0 Å². The van der Waals surface area contributed by atoms with Crippen LogP contribution in [0.5, 0.6) is 0 Å². The summed E-state index contributed by atoms with van der Waals surface area (Å²) in [6, 6.07) is 13.3. The van der Waals surface area contributed by atoms with Gasteiger partial charge in [0.15, 0.2) is 0 Å². The number of nitrogens with zero attached hydrogens (tertiary/aromatic N) is 4. The van der Waals surface area contributed by atoms with Crippen LogP contribution in [0.2, 0.25) is 0 Å². The van der Waals surface area contributed by atoms with Crippen molar-refractivity contribution in [3.63, 3.8) is 0 Å². The summed E-state index contributed by atoms with van der Waals surface area (Å²) in [5.74, 6) is 0.998. The molecule has 1 amide bonds. The van der Waals surface area contributed by atoms with Gasteiger partial charge in [-0.15, -0.1) is 0 Å². The fourth-order valence-corrected chi connectivity index (χ4v) is 8.49. The summed E-state index contributed by atoms with van der Waals surface area (Å²) in [5, 5.41) is 11.1. The smallest absolute Gasteiger partial charge is 0.270 e. The van der Waals surface area contributed by atoms with E-state index in [9.17, 15) is 14.9 Å². The summed E-state index contributed by atoms with van der Waals surface area (Å²) in [5.41, 5.74) is 5.26. The molecule has 0 unspecified atom stereocenters. The quantitative estimate of drug-likeness (QED) is 0.288. The fourth-order valence-electron chi connectivity index (χ4n) is 8.49. The molecule has 0 radical (unpaired) electrons. The number of fused-ring (bicyclic) bond motifs is 2. The van der Waals surface area contributed by atoms with Crippen LogP contribution < -0.4 is 4.90 Å². The van der Waals surface area contributed by atoms with E-state index in [1.54, 1.807) is 12.3 Å². The molecule has 1 saturated carbocycles. The Bertz CT molecular complexity index is 1400. The van der Waals surface area contributed by atoms with Crippen LogP contribution in [0.1, 0.15) is 30.4 Å². The summed E-state index contributed by atoms with van der Waals surface area (Å²) in [6.45, 7) is 2.68. The summed E-state index contributed by atoms with van der Waals surface area (Å²) < 4.78 is 6.32. The average Bonchev–Trinajstić information content (AvgIpc) is 3.35. The van der Waals surface area contributed by atoms with Gasteiger partial charge in [0, 0.05) is 48.0 Å². The molecule has 4 fully saturated rings. The molecule has 5 aliphatic heterocycles. The number of benzene rings is 2.